The van der Waals surface area contributed by atoms with Gasteiger partial charge in [0.2, 0.25) is 11.8 Å². The number of esters is 1. The van der Waals surface area contributed by atoms with E-state index in [1.807, 2.05) is 0 Å². The van der Waals surface area contributed by atoms with Crippen molar-refractivity contribution in [1.29, 1.82) is 0 Å². The average molecular weight is 305 g/mol. The van der Waals surface area contributed by atoms with E-state index in [2.05, 4.69) is 20.4 Å². The van der Waals surface area contributed by atoms with Crippen LogP contribution < -0.4 is 10.6 Å². The van der Waals surface area contributed by atoms with Crippen molar-refractivity contribution in [2.24, 2.45) is 0 Å². The number of ether oxygens (including phenoxy) is 1. The van der Waals surface area contributed by atoms with Crippen molar-refractivity contribution in [3.8, 4) is 0 Å². The average Bonchev–Trinajstić information content (AvgIpc) is 2.52. The van der Waals surface area contributed by atoms with Crippen molar-refractivity contribution in [2.75, 3.05) is 13.7 Å². The lowest BCUT2D eigenvalue weighted by atomic mass is 10.2. The quantitative estimate of drug-likeness (QED) is 0.301. The molecule has 0 aliphatic rings. The zero-order valence-corrected chi connectivity index (χ0v) is 11.9. The molecule has 22 heavy (non-hydrogen) atoms. The molecule has 2 N–H and O–H groups in total. The van der Waals surface area contributed by atoms with Gasteiger partial charge < -0.3 is 20.2 Å². The van der Waals surface area contributed by atoms with Gasteiger partial charge in [0.1, 0.15) is 12.7 Å². The van der Waals surface area contributed by atoms with Crippen LogP contribution in [0.2, 0.25) is 0 Å². The maximum absolute atomic E-state index is 11.7. The largest absolute Gasteiger partial charge is 0.469 e. The van der Waals surface area contributed by atoms with Gasteiger partial charge in [0.25, 0.3) is 0 Å². The van der Waals surface area contributed by atoms with E-state index in [0.717, 1.165) is 13.2 Å². The summed E-state index contributed by atoms with van der Waals surface area (Å²) in [5, 5.41) is 4.72. The summed E-state index contributed by atoms with van der Waals surface area (Å²) < 4.78 is 4.39. The highest BCUT2D eigenvalue weighted by molar-refractivity contribution is 6.02. The second-order valence-corrected chi connectivity index (χ2v) is 3.99. The van der Waals surface area contributed by atoms with Crippen LogP contribution in [-0.2, 0) is 23.9 Å². The smallest absolute Gasteiger partial charge is 0.315 e. The van der Waals surface area contributed by atoms with Crippen LogP contribution in [0.1, 0.15) is 12.1 Å². The van der Waals surface area contributed by atoms with Crippen LogP contribution in [0.15, 0.2) is 30.5 Å². The van der Waals surface area contributed by atoms with Gasteiger partial charge in [-0.05, 0) is 12.1 Å². The Morgan fingerprint density at radius 1 is 1.32 bits per heavy atom. The number of aromatic nitrogens is 1. The molecule has 2 amide bonds. The van der Waals surface area contributed by atoms with Gasteiger partial charge >= 0.3 is 5.97 Å². The Balaban J connectivity index is 2.90. The fourth-order valence-electron chi connectivity index (χ4n) is 1.42. The van der Waals surface area contributed by atoms with Crippen molar-refractivity contribution >= 4 is 29.8 Å². The van der Waals surface area contributed by atoms with Crippen LogP contribution in [-0.4, -0.2) is 42.7 Å². The first kappa shape index (κ1) is 17.0. The van der Waals surface area contributed by atoms with Crippen LogP contribution in [0.5, 0.6) is 0 Å². The van der Waals surface area contributed by atoms with E-state index in [-0.39, 0.29) is 12.2 Å². The molecular formula is C14H15N3O5. The van der Waals surface area contributed by atoms with Gasteiger partial charge in [0.05, 0.1) is 25.0 Å². The van der Waals surface area contributed by atoms with Gasteiger partial charge in [-0.15, -0.1) is 0 Å². The highest BCUT2D eigenvalue weighted by Crippen LogP contribution is 2.08. The first-order chi connectivity index (χ1) is 10.6. The number of hydrogen-bond acceptors (Lipinski definition) is 6. The van der Waals surface area contributed by atoms with Gasteiger partial charge in [-0.1, -0.05) is 6.07 Å². The van der Waals surface area contributed by atoms with E-state index in [0.29, 0.717) is 12.0 Å². The molecule has 0 spiro atoms. The molecule has 0 bridgehead atoms. The molecule has 0 aliphatic carbocycles. The molecule has 1 aromatic heterocycles. The summed E-state index contributed by atoms with van der Waals surface area (Å²) in [5.41, 5.74) is 0.444. The van der Waals surface area contributed by atoms with Crippen molar-refractivity contribution in [3.05, 3.63) is 36.2 Å². The number of carbonyl (C=O) groups excluding carboxylic acids is 4. The fraction of sp³-hybridized carbons (Fsp3) is 0.214. The van der Waals surface area contributed by atoms with E-state index in [1.165, 1.54) is 6.20 Å². The van der Waals surface area contributed by atoms with Gasteiger partial charge in [0, 0.05) is 12.3 Å². The Morgan fingerprint density at radius 2 is 2.09 bits per heavy atom. The predicted molar refractivity (Wildman–Crippen MR) is 76.1 cm³/mol. The standard InChI is InChI=1S/C14H15N3O5/c1-22-14(21)9-13(20)17-11(8-12(19)16-6-7-18)10-4-2-3-5-15-10/h2-5,7-8H,6,9H2,1H3,(H,16,19)(H,17,20). The van der Waals surface area contributed by atoms with Gasteiger partial charge in [-0.25, -0.2) is 0 Å². The summed E-state index contributed by atoms with van der Waals surface area (Å²) in [6.45, 7) is -0.152. The van der Waals surface area contributed by atoms with E-state index in [1.54, 1.807) is 18.2 Å². The number of methoxy groups -OCH3 is 1. The summed E-state index contributed by atoms with van der Waals surface area (Å²) >= 11 is 0. The number of aldehydes is 1. The lowest BCUT2D eigenvalue weighted by Crippen LogP contribution is -2.28. The Labute approximate surface area is 126 Å². The first-order valence-corrected chi connectivity index (χ1v) is 6.28. The van der Waals surface area contributed by atoms with Crippen molar-refractivity contribution in [1.82, 2.24) is 15.6 Å². The second kappa shape index (κ2) is 9.01. The molecule has 116 valence electrons. The molecule has 8 nitrogen and oxygen atoms in total. The van der Waals surface area contributed by atoms with Crippen molar-refractivity contribution in [3.63, 3.8) is 0 Å². The SMILES string of the molecule is COC(=O)CC(=O)NC(=CC(=O)NCC=O)c1ccccn1. The zero-order chi connectivity index (χ0) is 16.4. The highest BCUT2D eigenvalue weighted by Gasteiger charge is 2.13. The molecule has 0 fully saturated rings. The zero-order valence-electron chi connectivity index (χ0n) is 11.9. The van der Waals surface area contributed by atoms with Gasteiger partial charge in [-0.3, -0.25) is 19.4 Å². The molecule has 0 radical (unpaired) electrons. The van der Waals surface area contributed by atoms with Crippen LogP contribution in [0.25, 0.3) is 5.70 Å². The number of amides is 2. The normalized spacial score (nSPS) is 10.5. The minimum atomic E-state index is -0.705. The van der Waals surface area contributed by atoms with Crippen LogP contribution >= 0.6 is 0 Å². The van der Waals surface area contributed by atoms with Gasteiger partial charge in [-0.2, -0.15) is 0 Å². The topological polar surface area (TPSA) is 114 Å². The maximum Gasteiger partial charge on any atom is 0.315 e. The summed E-state index contributed by atoms with van der Waals surface area (Å²) in [7, 11) is 1.16. The molecule has 8 heteroatoms. The molecule has 0 aliphatic heterocycles. The lowest BCUT2D eigenvalue weighted by Gasteiger charge is -2.09. The summed E-state index contributed by atoms with van der Waals surface area (Å²) in [6, 6.07) is 4.92. The Hall–Kier alpha value is -3.03. The van der Waals surface area contributed by atoms with Crippen molar-refractivity contribution < 1.29 is 23.9 Å². The summed E-state index contributed by atoms with van der Waals surface area (Å²) in [6.07, 6.45) is 2.61. The molecule has 0 atom stereocenters. The Kier molecular flexibility index (Phi) is 6.97. The van der Waals surface area contributed by atoms with Crippen molar-refractivity contribution in [2.45, 2.75) is 6.42 Å². The molecule has 0 unspecified atom stereocenters. The molecule has 0 saturated carbocycles. The maximum atomic E-state index is 11.7. The highest BCUT2D eigenvalue weighted by atomic mass is 16.5. The lowest BCUT2D eigenvalue weighted by molar-refractivity contribution is -0.143. The second-order valence-electron chi connectivity index (χ2n) is 3.99. The molecule has 0 saturated heterocycles. The molecule has 1 heterocycles. The fourth-order valence-corrected chi connectivity index (χ4v) is 1.42. The van der Waals surface area contributed by atoms with E-state index >= 15 is 0 Å². The summed E-state index contributed by atoms with van der Waals surface area (Å²) in [5.74, 6) is -1.93. The number of pyridine rings is 1. The number of nitrogens with zero attached hydrogens (tertiary/aromatic N) is 1. The minimum Gasteiger partial charge on any atom is -0.469 e. The third-order valence-corrected chi connectivity index (χ3v) is 2.38. The molecule has 0 aromatic carbocycles. The Morgan fingerprint density at radius 3 is 2.68 bits per heavy atom. The number of nitrogens with one attached hydrogen (secondary N) is 2. The van der Waals surface area contributed by atoms with E-state index in [9.17, 15) is 19.2 Å². The predicted octanol–water partition coefficient (Wildman–Crippen LogP) is -0.583. The van der Waals surface area contributed by atoms with E-state index < -0.39 is 24.2 Å². The number of hydrogen-bond donors (Lipinski definition) is 2. The van der Waals surface area contributed by atoms with Gasteiger partial charge in [0.15, 0.2) is 0 Å². The third-order valence-electron chi connectivity index (χ3n) is 2.38. The summed E-state index contributed by atoms with van der Waals surface area (Å²) in [4.78, 5) is 48.7. The number of carbonyl (C=O) groups is 4. The molecule has 1 aromatic rings. The first-order valence-electron chi connectivity index (χ1n) is 6.28. The monoisotopic (exact) mass is 305 g/mol. The number of rotatable bonds is 7. The third kappa shape index (κ3) is 5.95. The van der Waals surface area contributed by atoms with Crippen LogP contribution in [0, 0.1) is 0 Å². The Bertz CT molecular complexity index is 583. The van der Waals surface area contributed by atoms with Crippen LogP contribution in [0.3, 0.4) is 0 Å². The van der Waals surface area contributed by atoms with Crippen LogP contribution in [0.4, 0.5) is 0 Å². The minimum absolute atomic E-state index is 0.109. The van der Waals surface area contributed by atoms with E-state index in [4.69, 9.17) is 0 Å². The molecular weight excluding hydrogens is 290 g/mol. The molecule has 1 rings (SSSR count).